The molecule has 1 aliphatic rings. The summed E-state index contributed by atoms with van der Waals surface area (Å²) in [6.45, 7) is 4.92. The fraction of sp³-hybridized carbons (Fsp3) is 0.769. The van der Waals surface area contributed by atoms with E-state index in [1.165, 1.54) is 0 Å². The minimum Gasteiger partial charge on any atom is -0.377 e. The van der Waals surface area contributed by atoms with Crippen LogP contribution in [0.1, 0.15) is 38.6 Å². The van der Waals surface area contributed by atoms with Crippen molar-refractivity contribution in [1.29, 1.82) is 0 Å². The van der Waals surface area contributed by atoms with E-state index >= 15 is 0 Å². The second-order valence-corrected chi connectivity index (χ2v) is 4.64. The molecule has 0 spiro atoms. The highest BCUT2D eigenvalue weighted by atomic mass is 16.5. The highest BCUT2D eigenvalue weighted by Crippen LogP contribution is 2.29. The maximum absolute atomic E-state index is 5.63. The smallest absolute Gasteiger partial charge is 0.123 e. The lowest BCUT2D eigenvalue weighted by molar-refractivity contribution is -0.133. The molecule has 5 nitrogen and oxygen atoms in total. The molecule has 1 fully saturated rings. The molecule has 1 aliphatic carbocycles. The van der Waals surface area contributed by atoms with Crippen LogP contribution in [0, 0.1) is 0 Å². The van der Waals surface area contributed by atoms with Gasteiger partial charge in [0.25, 0.3) is 0 Å². The van der Waals surface area contributed by atoms with Gasteiger partial charge in [0, 0.05) is 32.2 Å². The van der Waals surface area contributed by atoms with Crippen molar-refractivity contribution in [1.82, 2.24) is 15.3 Å². The maximum Gasteiger partial charge on any atom is 0.123 e. The summed E-state index contributed by atoms with van der Waals surface area (Å²) < 4.78 is 11.1. The van der Waals surface area contributed by atoms with Crippen molar-refractivity contribution in [2.45, 2.75) is 51.0 Å². The number of aromatic amines is 1. The van der Waals surface area contributed by atoms with Crippen molar-refractivity contribution in [3.05, 3.63) is 18.2 Å². The average molecular weight is 253 g/mol. The molecular formula is C13H23N3O2. The van der Waals surface area contributed by atoms with Crippen LogP contribution in [0.4, 0.5) is 0 Å². The molecule has 5 heteroatoms. The van der Waals surface area contributed by atoms with Crippen LogP contribution in [-0.4, -0.2) is 41.9 Å². The predicted octanol–water partition coefficient (Wildman–Crippen LogP) is 1.64. The van der Waals surface area contributed by atoms with Gasteiger partial charge in [0.2, 0.25) is 0 Å². The molecule has 0 aromatic carbocycles. The molecule has 4 unspecified atom stereocenters. The Hall–Kier alpha value is -0.910. The molecule has 1 heterocycles. The third-order valence-electron chi connectivity index (χ3n) is 3.58. The Bertz CT molecular complexity index is 342. The lowest BCUT2D eigenvalue weighted by Gasteiger charge is -2.44. The monoisotopic (exact) mass is 253 g/mol. The molecule has 0 aliphatic heterocycles. The van der Waals surface area contributed by atoms with Crippen LogP contribution >= 0.6 is 0 Å². The van der Waals surface area contributed by atoms with Crippen LogP contribution in [0.25, 0.3) is 0 Å². The average Bonchev–Trinajstić information content (AvgIpc) is 2.87. The van der Waals surface area contributed by atoms with Gasteiger partial charge in [-0.3, -0.25) is 0 Å². The van der Waals surface area contributed by atoms with Gasteiger partial charge in [-0.25, -0.2) is 4.98 Å². The van der Waals surface area contributed by atoms with E-state index in [0.717, 1.165) is 25.3 Å². The van der Waals surface area contributed by atoms with E-state index in [4.69, 9.17) is 9.47 Å². The number of H-pyrrole nitrogens is 1. The highest BCUT2D eigenvalue weighted by molar-refractivity contribution is 5.02. The van der Waals surface area contributed by atoms with E-state index in [2.05, 4.69) is 22.2 Å². The summed E-state index contributed by atoms with van der Waals surface area (Å²) in [6.07, 6.45) is 6.03. The second-order valence-electron chi connectivity index (χ2n) is 4.64. The molecule has 18 heavy (non-hydrogen) atoms. The van der Waals surface area contributed by atoms with E-state index in [9.17, 15) is 0 Å². The van der Waals surface area contributed by atoms with Crippen molar-refractivity contribution in [3.63, 3.8) is 0 Å². The number of methoxy groups -OCH3 is 1. The van der Waals surface area contributed by atoms with Crippen molar-refractivity contribution in [2.24, 2.45) is 0 Å². The summed E-state index contributed by atoms with van der Waals surface area (Å²) in [5.74, 6) is 0.993. The summed E-state index contributed by atoms with van der Waals surface area (Å²) in [7, 11) is 1.75. The highest BCUT2D eigenvalue weighted by Gasteiger charge is 2.42. The summed E-state index contributed by atoms with van der Waals surface area (Å²) in [4.78, 5) is 7.48. The Morgan fingerprint density at radius 3 is 2.94 bits per heavy atom. The van der Waals surface area contributed by atoms with Crippen LogP contribution in [0.2, 0.25) is 0 Å². The molecular weight excluding hydrogens is 230 g/mol. The number of ether oxygens (including phenoxy) is 2. The number of rotatable bonds is 7. The van der Waals surface area contributed by atoms with E-state index < -0.39 is 0 Å². The molecule has 0 saturated heterocycles. The molecule has 0 bridgehead atoms. The Morgan fingerprint density at radius 1 is 1.56 bits per heavy atom. The Morgan fingerprint density at radius 2 is 2.39 bits per heavy atom. The quantitative estimate of drug-likeness (QED) is 0.775. The first kappa shape index (κ1) is 13.5. The number of hydrogen-bond acceptors (Lipinski definition) is 4. The first-order chi connectivity index (χ1) is 8.80. The van der Waals surface area contributed by atoms with Gasteiger partial charge in [-0.05, 0) is 19.8 Å². The molecule has 102 valence electrons. The zero-order valence-corrected chi connectivity index (χ0v) is 11.3. The minimum atomic E-state index is 0.147. The Labute approximate surface area is 108 Å². The van der Waals surface area contributed by atoms with Gasteiger partial charge in [0.05, 0.1) is 18.2 Å². The summed E-state index contributed by atoms with van der Waals surface area (Å²) >= 11 is 0. The number of imidazole rings is 1. The van der Waals surface area contributed by atoms with E-state index in [-0.39, 0.29) is 18.2 Å². The van der Waals surface area contributed by atoms with Crippen LogP contribution in [0.5, 0.6) is 0 Å². The summed E-state index contributed by atoms with van der Waals surface area (Å²) in [5, 5.41) is 3.60. The molecule has 1 saturated carbocycles. The normalized spacial score (nSPS) is 28.9. The Kier molecular flexibility index (Phi) is 4.74. The molecule has 1 aromatic heterocycles. The first-order valence-corrected chi connectivity index (χ1v) is 6.69. The minimum absolute atomic E-state index is 0.147. The van der Waals surface area contributed by atoms with Gasteiger partial charge < -0.3 is 19.8 Å². The molecule has 0 amide bonds. The largest absolute Gasteiger partial charge is 0.377 e. The molecule has 0 radical (unpaired) electrons. The van der Waals surface area contributed by atoms with Gasteiger partial charge >= 0.3 is 0 Å². The lowest BCUT2D eigenvalue weighted by atomic mass is 9.84. The zero-order valence-electron chi connectivity index (χ0n) is 11.3. The van der Waals surface area contributed by atoms with Crippen LogP contribution in [0.15, 0.2) is 12.4 Å². The zero-order chi connectivity index (χ0) is 13.0. The van der Waals surface area contributed by atoms with Crippen LogP contribution in [0.3, 0.4) is 0 Å². The number of aromatic nitrogens is 2. The fourth-order valence-corrected chi connectivity index (χ4v) is 2.55. The summed E-state index contributed by atoms with van der Waals surface area (Å²) in [5.41, 5.74) is 0. The maximum atomic E-state index is 5.63. The van der Waals surface area contributed by atoms with Crippen molar-refractivity contribution in [3.8, 4) is 0 Å². The third kappa shape index (κ3) is 2.74. The Balaban J connectivity index is 1.89. The lowest BCUT2D eigenvalue weighted by Crippen LogP contribution is -2.60. The topological polar surface area (TPSA) is 59.2 Å². The number of nitrogens with one attached hydrogen (secondary N) is 2. The second kappa shape index (κ2) is 6.31. The van der Waals surface area contributed by atoms with Crippen LogP contribution < -0.4 is 5.32 Å². The van der Waals surface area contributed by atoms with Crippen LogP contribution in [-0.2, 0) is 9.47 Å². The van der Waals surface area contributed by atoms with Crippen molar-refractivity contribution < 1.29 is 9.47 Å². The fourth-order valence-electron chi connectivity index (χ4n) is 2.55. The van der Waals surface area contributed by atoms with Gasteiger partial charge in [0.15, 0.2) is 0 Å². The van der Waals surface area contributed by atoms with Gasteiger partial charge in [0.1, 0.15) is 5.82 Å². The summed E-state index contributed by atoms with van der Waals surface area (Å²) in [6, 6.07) is 0.604. The van der Waals surface area contributed by atoms with Gasteiger partial charge in [-0.2, -0.15) is 0 Å². The number of hydrogen-bond donors (Lipinski definition) is 2. The van der Waals surface area contributed by atoms with Crippen molar-refractivity contribution in [2.75, 3.05) is 13.7 Å². The van der Waals surface area contributed by atoms with E-state index in [1.807, 2.05) is 13.1 Å². The SMILES string of the molecule is CCOC1CC(NC(CC)c2ncc[nH]2)C1OC. The van der Waals surface area contributed by atoms with Gasteiger partial charge in [-0.15, -0.1) is 0 Å². The third-order valence-corrected chi connectivity index (χ3v) is 3.58. The first-order valence-electron chi connectivity index (χ1n) is 6.69. The van der Waals surface area contributed by atoms with E-state index in [1.54, 1.807) is 13.3 Å². The predicted molar refractivity (Wildman–Crippen MR) is 69.4 cm³/mol. The van der Waals surface area contributed by atoms with Crippen molar-refractivity contribution >= 4 is 0 Å². The van der Waals surface area contributed by atoms with Gasteiger partial charge in [-0.1, -0.05) is 6.92 Å². The molecule has 4 atom stereocenters. The number of nitrogens with zero attached hydrogens (tertiary/aromatic N) is 1. The van der Waals surface area contributed by atoms with E-state index in [0.29, 0.717) is 6.04 Å². The standard InChI is InChI=1S/C13H23N3O2/c1-4-9(13-14-6-7-15-13)16-10-8-11(18-5-2)12(10)17-3/h6-7,9-12,16H,4-5,8H2,1-3H3,(H,14,15). The molecule has 1 aromatic rings. The molecule has 2 rings (SSSR count). The molecule has 2 N–H and O–H groups in total.